The summed E-state index contributed by atoms with van der Waals surface area (Å²) in [6.45, 7) is -0.955. The molecule has 0 amide bonds. The number of benzene rings is 1. The third-order valence-corrected chi connectivity index (χ3v) is 2.63. The molecule has 0 unspecified atom stereocenters. The molecule has 0 spiro atoms. The van der Waals surface area contributed by atoms with E-state index in [1.54, 1.807) is 13.0 Å². The Kier molecular flexibility index (Phi) is 4.07. The van der Waals surface area contributed by atoms with Gasteiger partial charge in [-0.2, -0.15) is 8.78 Å². The van der Waals surface area contributed by atoms with E-state index in [4.69, 9.17) is 4.74 Å². The second kappa shape index (κ2) is 5.77. The van der Waals surface area contributed by atoms with E-state index in [1.807, 2.05) is 0 Å². The topological polar surface area (TPSA) is 60.6 Å². The highest BCUT2D eigenvalue weighted by atomic mass is 19.3. The van der Waals surface area contributed by atoms with E-state index < -0.39 is 12.6 Å². The second-order valence-electron chi connectivity index (χ2n) is 3.84. The summed E-state index contributed by atoms with van der Waals surface area (Å²) in [5.41, 5.74) is 0.625. The van der Waals surface area contributed by atoms with Gasteiger partial charge in [-0.15, -0.1) is 0 Å². The molecule has 1 aromatic heterocycles. The molecular weight excluding hydrogens is 272 g/mol. The molecule has 0 fully saturated rings. The van der Waals surface area contributed by atoms with Gasteiger partial charge < -0.3 is 19.2 Å². The quantitative estimate of drug-likeness (QED) is 0.858. The van der Waals surface area contributed by atoms with Crippen molar-refractivity contribution in [2.24, 2.45) is 0 Å². The fraction of sp³-hybridized carbons (Fsp3) is 0.308. The van der Waals surface area contributed by atoms with Crippen molar-refractivity contribution in [2.45, 2.75) is 13.5 Å². The Bertz CT molecular complexity index is 624. The van der Waals surface area contributed by atoms with Crippen molar-refractivity contribution in [1.82, 2.24) is 4.98 Å². The number of nitrogens with one attached hydrogen (secondary N) is 1. The molecule has 7 heteroatoms. The highest BCUT2D eigenvalue weighted by Gasteiger charge is 2.18. The van der Waals surface area contributed by atoms with Gasteiger partial charge >= 0.3 is 12.6 Å². The molecule has 0 atom stereocenters. The molecule has 20 heavy (non-hydrogen) atoms. The van der Waals surface area contributed by atoms with Crippen molar-refractivity contribution in [2.75, 3.05) is 13.7 Å². The molecule has 1 aromatic carbocycles. The minimum Gasteiger partial charge on any atom is -0.490 e. The van der Waals surface area contributed by atoms with Crippen molar-refractivity contribution in [3.63, 3.8) is 0 Å². The zero-order valence-corrected chi connectivity index (χ0v) is 10.9. The van der Waals surface area contributed by atoms with Crippen LogP contribution in [0.2, 0.25) is 0 Å². The third-order valence-electron chi connectivity index (χ3n) is 2.63. The minimum atomic E-state index is -2.99. The highest BCUT2D eigenvalue weighted by Crippen LogP contribution is 2.37. The first kappa shape index (κ1) is 14.1. The van der Waals surface area contributed by atoms with Crippen LogP contribution in [0.15, 0.2) is 18.2 Å². The van der Waals surface area contributed by atoms with Crippen LogP contribution in [0.4, 0.5) is 8.78 Å². The molecule has 1 N–H and O–H groups in total. The Morgan fingerprint density at radius 1 is 1.40 bits per heavy atom. The lowest BCUT2D eigenvalue weighted by Crippen LogP contribution is -2.04. The molecule has 108 valence electrons. The first-order chi connectivity index (χ1) is 9.56. The number of ether oxygens (including phenoxy) is 3. The fourth-order valence-electron chi connectivity index (χ4n) is 1.86. The average molecular weight is 285 g/mol. The maximum Gasteiger partial charge on any atom is 0.387 e. The van der Waals surface area contributed by atoms with Crippen molar-refractivity contribution >= 4 is 16.9 Å². The number of hydrogen-bond acceptors (Lipinski definition) is 4. The number of fused-ring (bicyclic) bond motifs is 1. The molecule has 0 aliphatic carbocycles. The molecule has 5 nitrogen and oxygen atoms in total. The van der Waals surface area contributed by atoms with E-state index in [0.717, 1.165) is 0 Å². The number of methoxy groups -OCH3 is 1. The van der Waals surface area contributed by atoms with Crippen LogP contribution in [0, 0.1) is 0 Å². The number of alkyl halides is 2. The van der Waals surface area contributed by atoms with E-state index in [2.05, 4.69) is 14.5 Å². The van der Waals surface area contributed by atoms with Gasteiger partial charge in [-0.05, 0) is 25.1 Å². The summed E-state index contributed by atoms with van der Waals surface area (Å²) in [6, 6.07) is 4.51. The zero-order chi connectivity index (χ0) is 14.7. The maximum absolute atomic E-state index is 12.5. The first-order valence-corrected chi connectivity index (χ1v) is 5.88. The Balaban J connectivity index is 2.57. The summed E-state index contributed by atoms with van der Waals surface area (Å²) in [4.78, 5) is 14.2. The summed E-state index contributed by atoms with van der Waals surface area (Å²) < 4.78 is 39.4. The zero-order valence-electron chi connectivity index (χ0n) is 10.9. The number of carbonyl (C=O) groups is 1. The van der Waals surface area contributed by atoms with Crippen LogP contribution in [-0.4, -0.2) is 31.3 Å². The Labute approximate surface area is 113 Å². The van der Waals surface area contributed by atoms with Gasteiger partial charge in [0, 0.05) is 5.39 Å². The van der Waals surface area contributed by atoms with Gasteiger partial charge in [-0.1, -0.05) is 0 Å². The summed E-state index contributed by atoms with van der Waals surface area (Å²) in [6.07, 6.45) is 0. The van der Waals surface area contributed by atoms with E-state index in [-0.39, 0.29) is 17.2 Å². The summed E-state index contributed by atoms with van der Waals surface area (Å²) in [5.74, 6) is -0.511. The lowest BCUT2D eigenvalue weighted by atomic mass is 10.2. The molecule has 0 bridgehead atoms. The van der Waals surface area contributed by atoms with Gasteiger partial charge in [0.2, 0.25) is 0 Å². The third kappa shape index (κ3) is 2.66. The van der Waals surface area contributed by atoms with Crippen LogP contribution in [0.25, 0.3) is 10.9 Å². The van der Waals surface area contributed by atoms with Crippen LogP contribution in [-0.2, 0) is 4.74 Å². The lowest BCUT2D eigenvalue weighted by molar-refractivity contribution is -0.0503. The van der Waals surface area contributed by atoms with Crippen LogP contribution >= 0.6 is 0 Å². The molecule has 2 aromatic rings. The Hall–Kier alpha value is -2.31. The number of H-pyrrole nitrogens is 1. The van der Waals surface area contributed by atoms with Gasteiger partial charge in [0.25, 0.3) is 0 Å². The smallest absolute Gasteiger partial charge is 0.387 e. The van der Waals surface area contributed by atoms with E-state index >= 15 is 0 Å². The van der Waals surface area contributed by atoms with Gasteiger partial charge in [0.15, 0.2) is 11.5 Å². The van der Waals surface area contributed by atoms with Crippen molar-refractivity contribution in [1.29, 1.82) is 0 Å². The molecule has 0 aliphatic rings. The van der Waals surface area contributed by atoms with Crippen LogP contribution in [0.1, 0.15) is 17.4 Å². The number of esters is 1. The fourth-order valence-corrected chi connectivity index (χ4v) is 1.86. The molecule has 0 saturated carbocycles. The predicted octanol–water partition coefficient (Wildman–Crippen LogP) is 2.95. The molecule has 0 aliphatic heterocycles. The highest BCUT2D eigenvalue weighted by molar-refractivity contribution is 5.98. The van der Waals surface area contributed by atoms with E-state index in [1.165, 1.54) is 19.2 Å². The predicted molar refractivity (Wildman–Crippen MR) is 67.4 cm³/mol. The minimum absolute atomic E-state index is 0.106. The second-order valence-corrected chi connectivity index (χ2v) is 3.84. The van der Waals surface area contributed by atoms with Crippen molar-refractivity contribution < 1.29 is 27.8 Å². The first-order valence-electron chi connectivity index (χ1n) is 5.88. The van der Waals surface area contributed by atoms with Crippen LogP contribution in [0.5, 0.6) is 11.5 Å². The SMILES string of the molecule is CCOc1ccc2[nH]c(C(=O)OC)cc2c1OC(F)F. The monoisotopic (exact) mass is 285 g/mol. The molecule has 2 rings (SSSR count). The number of aromatic nitrogens is 1. The standard InChI is InChI=1S/C13H13F2NO4/c1-3-19-10-5-4-8-7(11(10)20-13(14)15)6-9(16-8)12(17)18-2/h4-6,13,16H,3H2,1-2H3. The summed E-state index contributed by atoms with van der Waals surface area (Å²) in [5, 5.41) is 0.330. The lowest BCUT2D eigenvalue weighted by Gasteiger charge is -2.11. The number of carbonyl (C=O) groups excluding carboxylic acids is 1. The van der Waals surface area contributed by atoms with Crippen LogP contribution < -0.4 is 9.47 Å². The van der Waals surface area contributed by atoms with E-state index in [9.17, 15) is 13.6 Å². The summed E-state index contributed by atoms with van der Waals surface area (Å²) >= 11 is 0. The number of rotatable bonds is 5. The van der Waals surface area contributed by atoms with Gasteiger partial charge in [-0.25, -0.2) is 4.79 Å². The van der Waals surface area contributed by atoms with Crippen LogP contribution in [0.3, 0.4) is 0 Å². The van der Waals surface area contributed by atoms with Crippen molar-refractivity contribution in [3.05, 3.63) is 23.9 Å². The van der Waals surface area contributed by atoms with Gasteiger partial charge in [0.1, 0.15) is 5.69 Å². The van der Waals surface area contributed by atoms with Gasteiger partial charge in [0.05, 0.1) is 19.2 Å². The number of halogens is 2. The van der Waals surface area contributed by atoms with E-state index in [0.29, 0.717) is 17.5 Å². The normalized spacial score (nSPS) is 10.8. The molecule has 0 saturated heterocycles. The average Bonchev–Trinajstić information content (AvgIpc) is 2.84. The summed E-state index contributed by atoms with van der Waals surface area (Å²) in [7, 11) is 1.23. The molecule has 1 heterocycles. The molecule has 0 radical (unpaired) electrons. The Morgan fingerprint density at radius 2 is 2.15 bits per heavy atom. The van der Waals surface area contributed by atoms with Crippen molar-refractivity contribution in [3.8, 4) is 11.5 Å². The largest absolute Gasteiger partial charge is 0.490 e. The number of hydrogen-bond donors (Lipinski definition) is 1. The van der Waals surface area contributed by atoms with Gasteiger partial charge in [-0.3, -0.25) is 0 Å². The molecular formula is C13H13F2NO4. The Morgan fingerprint density at radius 3 is 2.75 bits per heavy atom. The number of aromatic amines is 1. The maximum atomic E-state index is 12.5.